The molecule has 130 valence electrons. The number of hydrogen-bond donors (Lipinski definition) is 2. The summed E-state index contributed by atoms with van der Waals surface area (Å²) in [6, 6.07) is 10.3. The van der Waals surface area contributed by atoms with Gasteiger partial charge in [0.15, 0.2) is 4.90 Å². The lowest BCUT2D eigenvalue weighted by Crippen LogP contribution is -2.28. The molecule has 0 fully saturated rings. The molecule has 2 rings (SSSR count). The maximum absolute atomic E-state index is 12.5. The number of benzene rings is 2. The molecule has 1 amide bonds. The number of anilines is 1. The van der Waals surface area contributed by atoms with Crippen LogP contribution >= 0.6 is 0 Å². The predicted octanol–water partition coefficient (Wildman–Crippen LogP) is 1.32. The molecular formula is C15H13N3O6S. The van der Waals surface area contributed by atoms with Crippen LogP contribution in [0.3, 0.4) is 0 Å². The normalized spacial score (nSPS) is 10.8. The summed E-state index contributed by atoms with van der Waals surface area (Å²) in [7, 11) is -3.09. The Morgan fingerprint density at radius 1 is 1.04 bits per heavy atom. The van der Waals surface area contributed by atoms with Crippen LogP contribution in [0.4, 0.5) is 11.4 Å². The number of nitrogens with zero attached hydrogens (tertiary/aromatic N) is 1. The molecule has 0 unspecified atom stereocenters. The molecule has 0 bridgehead atoms. The molecule has 0 heterocycles. The zero-order valence-corrected chi connectivity index (χ0v) is 13.7. The summed E-state index contributed by atoms with van der Waals surface area (Å²) in [6.45, 7) is 0. The van der Waals surface area contributed by atoms with Crippen molar-refractivity contribution in [3.8, 4) is 0 Å². The van der Waals surface area contributed by atoms with E-state index in [2.05, 4.69) is 10.0 Å². The van der Waals surface area contributed by atoms with Crippen LogP contribution in [0.25, 0.3) is 0 Å². The summed E-state index contributed by atoms with van der Waals surface area (Å²) < 4.78 is 27.2. The minimum Gasteiger partial charge on any atom is -0.352 e. The quantitative estimate of drug-likeness (QED) is 0.344. The lowest BCUT2D eigenvalue weighted by atomic mass is 10.1. The molecule has 0 aliphatic rings. The number of rotatable bonds is 6. The van der Waals surface area contributed by atoms with Gasteiger partial charge in [-0.25, -0.2) is 8.42 Å². The number of carbonyl (C=O) groups is 2. The molecule has 2 N–H and O–H groups in total. The van der Waals surface area contributed by atoms with Gasteiger partial charge in [-0.3, -0.25) is 24.4 Å². The van der Waals surface area contributed by atoms with Crippen LogP contribution in [0.5, 0.6) is 0 Å². The van der Waals surface area contributed by atoms with Gasteiger partial charge < -0.3 is 5.32 Å². The Morgan fingerprint density at radius 3 is 2.28 bits per heavy atom. The fourth-order valence-corrected chi connectivity index (χ4v) is 3.29. The molecule has 25 heavy (non-hydrogen) atoms. The summed E-state index contributed by atoms with van der Waals surface area (Å²) in [5, 5.41) is 13.2. The van der Waals surface area contributed by atoms with Gasteiger partial charge in [0.05, 0.1) is 16.2 Å². The second-order valence-electron chi connectivity index (χ2n) is 4.78. The highest BCUT2D eigenvalue weighted by Crippen LogP contribution is 2.26. The summed E-state index contributed by atoms with van der Waals surface area (Å²) in [4.78, 5) is 33.2. The summed E-state index contributed by atoms with van der Waals surface area (Å²) in [5.41, 5.74) is -0.941. The minimum atomic E-state index is -4.35. The average molecular weight is 363 g/mol. The molecule has 0 aromatic heterocycles. The van der Waals surface area contributed by atoms with Crippen molar-refractivity contribution >= 4 is 33.1 Å². The highest BCUT2D eigenvalue weighted by molar-refractivity contribution is 7.92. The molecule has 0 atom stereocenters. The second kappa shape index (κ2) is 7.09. The van der Waals surface area contributed by atoms with Crippen molar-refractivity contribution in [2.75, 3.05) is 11.8 Å². The van der Waals surface area contributed by atoms with Crippen molar-refractivity contribution in [3.63, 3.8) is 0 Å². The van der Waals surface area contributed by atoms with Crippen LogP contribution in [-0.2, 0) is 14.8 Å². The second-order valence-corrected chi connectivity index (χ2v) is 6.43. The Labute approximate surface area is 142 Å². The number of sulfonamides is 1. The molecule has 2 aromatic rings. The Bertz CT molecular complexity index is 955. The van der Waals surface area contributed by atoms with Crippen molar-refractivity contribution in [1.29, 1.82) is 0 Å². The van der Waals surface area contributed by atoms with Gasteiger partial charge in [-0.2, -0.15) is 0 Å². The van der Waals surface area contributed by atoms with Gasteiger partial charge in [-0.1, -0.05) is 24.3 Å². The van der Waals surface area contributed by atoms with Crippen molar-refractivity contribution in [3.05, 3.63) is 64.2 Å². The van der Waals surface area contributed by atoms with Crippen molar-refractivity contribution in [2.24, 2.45) is 0 Å². The number of nitro benzene ring substituents is 1. The van der Waals surface area contributed by atoms with Crippen LogP contribution in [0.15, 0.2) is 53.4 Å². The van der Waals surface area contributed by atoms with E-state index < -0.39 is 37.2 Å². The van der Waals surface area contributed by atoms with E-state index in [1.54, 1.807) is 0 Å². The van der Waals surface area contributed by atoms with E-state index in [1.165, 1.54) is 43.4 Å². The number of ketones is 1. The van der Waals surface area contributed by atoms with Crippen LogP contribution in [0, 0.1) is 10.1 Å². The van der Waals surface area contributed by atoms with E-state index in [4.69, 9.17) is 0 Å². The molecule has 0 radical (unpaired) electrons. The smallest absolute Gasteiger partial charge is 0.292 e. The number of nitrogens with one attached hydrogen (secondary N) is 2. The first-order chi connectivity index (χ1) is 11.8. The predicted molar refractivity (Wildman–Crippen MR) is 88.7 cm³/mol. The first kappa shape index (κ1) is 18.1. The van der Waals surface area contributed by atoms with Crippen LogP contribution in [0.2, 0.25) is 0 Å². The SMILES string of the molecule is CNC(=O)C(=O)c1ccccc1NS(=O)(=O)c1ccccc1[N+](=O)[O-]. The zero-order valence-electron chi connectivity index (χ0n) is 12.9. The molecule has 0 saturated carbocycles. The van der Waals surface area contributed by atoms with E-state index in [1.807, 2.05) is 0 Å². The van der Waals surface area contributed by atoms with Gasteiger partial charge in [0, 0.05) is 13.1 Å². The van der Waals surface area contributed by atoms with Crippen molar-refractivity contribution in [2.45, 2.75) is 4.90 Å². The Hall–Kier alpha value is -3.27. The monoisotopic (exact) mass is 363 g/mol. The van der Waals surface area contributed by atoms with Gasteiger partial charge in [-0.05, 0) is 18.2 Å². The van der Waals surface area contributed by atoms with Crippen LogP contribution < -0.4 is 10.0 Å². The van der Waals surface area contributed by atoms with E-state index in [9.17, 15) is 28.1 Å². The van der Waals surface area contributed by atoms with Crippen LogP contribution in [0.1, 0.15) is 10.4 Å². The number of Topliss-reactive ketones (excluding diaryl/α,β-unsaturated/α-hetero) is 1. The van der Waals surface area contributed by atoms with Crippen LogP contribution in [-0.4, -0.2) is 32.1 Å². The van der Waals surface area contributed by atoms with Gasteiger partial charge >= 0.3 is 0 Å². The standard InChI is InChI=1S/C15H13N3O6S/c1-16-15(20)14(19)10-6-2-3-7-11(10)17-25(23,24)13-9-5-4-8-12(13)18(21)22/h2-9,17H,1H3,(H,16,20). The fraction of sp³-hybridized carbons (Fsp3) is 0.0667. The van der Waals surface area contributed by atoms with E-state index >= 15 is 0 Å². The number of para-hydroxylation sites is 2. The van der Waals surface area contributed by atoms with Gasteiger partial charge in [0.2, 0.25) is 0 Å². The highest BCUT2D eigenvalue weighted by Gasteiger charge is 2.27. The first-order valence-electron chi connectivity index (χ1n) is 6.89. The van der Waals surface area contributed by atoms with E-state index in [-0.39, 0.29) is 11.3 Å². The third-order valence-electron chi connectivity index (χ3n) is 3.20. The largest absolute Gasteiger partial charge is 0.352 e. The van der Waals surface area contributed by atoms with E-state index in [0.717, 1.165) is 12.1 Å². The summed E-state index contributed by atoms with van der Waals surface area (Å²) >= 11 is 0. The molecule has 0 saturated heterocycles. The molecule has 2 aromatic carbocycles. The number of amides is 1. The number of carbonyl (C=O) groups excluding carboxylic acids is 2. The van der Waals surface area contributed by atoms with Crippen molar-refractivity contribution < 1.29 is 22.9 Å². The topological polar surface area (TPSA) is 135 Å². The Morgan fingerprint density at radius 2 is 1.64 bits per heavy atom. The molecule has 0 aliphatic heterocycles. The molecule has 10 heteroatoms. The minimum absolute atomic E-state index is 0.158. The van der Waals surface area contributed by atoms with Gasteiger partial charge in [0.25, 0.3) is 27.4 Å². The Balaban J connectivity index is 2.49. The molecule has 0 aliphatic carbocycles. The molecular weight excluding hydrogens is 350 g/mol. The third-order valence-corrected chi connectivity index (χ3v) is 4.61. The third kappa shape index (κ3) is 3.80. The number of hydrogen-bond acceptors (Lipinski definition) is 6. The maximum Gasteiger partial charge on any atom is 0.292 e. The first-order valence-corrected chi connectivity index (χ1v) is 8.38. The van der Waals surface area contributed by atoms with Crippen molar-refractivity contribution in [1.82, 2.24) is 5.32 Å². The van der Waals surface area contributed by atoms with Gasteiger partial charge in [0.1, 0.15) is 0 Å². The lowest BCUT2D eigenvalue weighted by molar-refractivity contribution is -0.387. The molecule has 9 nitrogen and oxygen atoms in total. The molecule has 0 spiro atoms. The fourth-order valence-electron chi connectivity index (χ4n) is 2.04. The lowest BCUT2D eigenvalue weighted by Gasteiger charge is -2.11. The zero-order chi connectivity index (χ0) is 18.6. The summed E-state index contributed by atoms with van der Waals surface area (Å²) in [5.74, 6) is -1.86. The van der Waals surface area contributed by atoms with E-state index in [0.29, 0.717) is 0 Å². The number of likely N-dealkylation sites (N-methyl/N-ethyl adjacent to an activating group) is 1. The maximum atomic E-state index is 12.5. The highest BCUT2D eigenvalue weighted by atomic mass is 32.2. The Kier molecular flexibility index (Phi) is 5.13. The number of nitro groups is 1. The average Bonchev–Trinajstić information content (AvgIpc) is 2.60. The summed E-state index contributed by atoms with van der Waals surface area (Å²) in [6.07, 6.45) is 0. The van der Waals surface area contributed by atoms with Gasteiger partial charge in [-0.15, -0.1) is 0 Å².